The molecule has 6 heteroatoms. The fourth-order valence-corrected chi connectivity index (χ4v) is 4.68. The third-order valence-corrected chi connectivity index (χ3v) is 6.76. The molecule has 28 heavy (non-hydrogen) atoms. The molecule has 0 saturated heterocycles. The maximum absolute atomic E-state index is 11.2. The minimum absolute atomic E-state index is 0. The molecule has 0 spiro atoms. The quantitative estimate of drug-likeness (QED) is 0.177. The molecule has 0 heterocycles. The van der Waals surface area contributed by atoms with Crippen LogP contribution in [0.15, 0.2) is 0 Å². The van der Waals surface area contributed by atoms with Gasteiger partial charge >= 0.3 is 51.4 Å². The summed E-state index contributed by atoms with van der Waals surface area (Å²) in [5, 5.41) is 9.33. The summed E-state index contributed by atoms with van der Waals surface area (Å²) < 4.78 is 33.5. The number of aliphatic hydroxyl groups excluding tert-OH is 1. The Morgan fingerprint density at radius 3 is 1.43 bits per heavy atom. The molecule has 4 nitrogen and oxygen atoms in total. The van der Waals surface area contributed by atoms with E-state index in [0.29, 0.717) is 12.8 Å². The van der Waals surface area contributed by atoms with Crippen molar-refractivity contribution in [3.05, 3.63) is 0 Å². The van der Waals surface area contributed by atoms with Crippen LogP contribution in [0.1, 0.15) is 129 Å². The molecule has 1 N–H and O–H groups in total. The molecule has 0 rings (SSSR count). The monoisotopic (exact) mass is 444 g/mol. The second-order valence-corrected chi connectivity index (χ2v) is 9.82. The van der Waals surface area contributed by atoms with Gasteiger partial charge in [-0.05, 0) is 25.7 Å². The van der Waals surface area contributed by atoms with Crippen LogP contribution in [0.5, 0.6) is 0 Å². The topological polar surface area (TPSA) is 77.4 Å². The molecule has 2 unspecified atom stereocenters. The van der Waals surface area contributed by atoms with Gasteiger partial charge in [0.05, 0.1) is 16.2 Å². The first-order chi connectivity index (χ1) is 12.9. The first-order valence-corrected chi connectivity index (χ1v) is 13.0. The molecule has 0 fully saturated rings. The van der Waals surface area contributed by atoms with Crippen LogP contribution in [-0.2, 0) is 10.1 Å². The zero-order chi connectivity index (χ0) is 20.4. The van der Waals surface area contributed by atoms with Gasteiger partial charge in [-0.3, -0.25) is 0 Å². The Kier molecular flexibility index (Phi) is 24.6. The van der Waals surface area contributed by atoms with Gasteiger partial charge in [0, 0.05) is 5.25 Å². The van der Waals surface area contributed by atoms with Crippen molar-refractivity contribution >= 4 is 10.1 Å². The molecule has 0 aromatic carbocycles. The van der Waals surface area contributed by atoms with Gasteiger partial charge < -0.3 is 9.66 Å². The van der Waals surface area contributed by atoms with Gasteiger partial charge in [-0.25, -0.2) is 8.42 Å². The predicted molar refractivity (Wildman–Crippen MR) is 114 cm³/mol. The minimum atomic E-state index is -4.13. The van der Waals surface area contributed by atoms with Gasteiger partial charge in [-0.2, -0.15) is 0 Å². The number of unbranched alkanes of at least 4 members (excludes halogenated alkanes) is 11. The molecule has 164 valence electrons. The molecule has 2 atom stereocenters. The maximum Gasteiger partial charge on any atom is 1.00 e. The SMILES string of the molecule is CCCCCCCCC(O)CCCCCCCCCC(CCC)S(=O)(=O)[O-].[K+]. The summed E-state index contributed by atoms with van der Waals surface area (Å²) >= 11 is 0. The van der Waals surface area contributed by atoms with Crippen LogP contribution < -0.4 is 51.4 Å². The van der Waals surface area contributed by atoms with Gasteiger partial charge in [-0.1, -0.05) is 104 Å². The largest absolute Gasteiger partial charge is 1.00 e. The van der Waals surface area contributed by atoms with Gasteiger partial charge in [0.1, 0.15) is 0 Å². The third kappa shape index (κ3) is 20.8. The Labute approximate surface area is 218 Å². The number of hydrogen-bond donors (Lipinski definition) is 1. The van der Waals surface area contributed by atoms with Crippen molar-refractivity contribution in [3.8, 4) is 0 Å². The van der Waals surface area contributed by atoms with Crippen molar-refractivity contribution in [3.63, 3.8) is 0 Å². The molecule has 0 aliphatic rings. The molecule has 0 aromatic heterocycles. The Hall–Kier alpha value is 1.51. The van der Waals surface area contributed by atoms with E-state index in [4.69, 9.17) is 0 Å². The van der Waals surface area contributed by atoms with E-state index in [0.717, 1.165) is 57.8 Å². The summed E-state index contributed by atoms with van der Waals surface area (Å²) in [6.45, 7) is 4.15. The summed E-state index contributed by atoms with van der Waals surface area (Å²) in [5.74, 6) is 0. The third-order valence-electron chi connectivity index (χ3n) is 5.47. The fourth-order valence-electron chi connectivity index (χ4n) is 3.70. The van der Waals surface area contributed by atoms with Crippen LogP contribution in [0.2, 0.25) is 0 Å². The first kappa shape index (κ1) is 31.7. The molecule has 0 aliphatic heterocycles. The van der Waals surface area contributed by atoms with Crippen LogP contribution in [0.3, 0.4) is 0 Å². The van der Waals surface area contributed by atoms with E-state index in [9.17, 15) is 18.1 Å². The average molecular weight is 445 g/mol. The Morgan fingerprint density at radius 2 is 1.04 bits per heavy atom. The number of hydrogen-bond acceptors (Lipinski definition) is 4. The van der Waals surface area contributed by atoms with E-state index in [-0.39, 0.29) is 57.5 Å². The van der Waals surface area contributed by atoms with Crippen LogP contribution >= 0.6 is 0 Å². The zero-order valence-electron chi connectivity index (χ0n) is 19.0. The second kappa shape index (κ2) is 21.7. The van der Waals surface area contributed by atoms with Crippen molar-refractivity contribution in [2.24, 2.45) is 0 Å². The Morgan fingerprint density at radius 1 is 0.643 bits per heavy atom. The van der Waals surface area contributed by atoms with Gasteiger partial charge in [0.25, 0.3) is 0 Å². The maximum atomic E-state index is 11.2. The second-order valence-electron chi connectivity index (χ2n) is 8.17. The smallest absolute Gasteiger partial charge is 0.748 e. The van der Waals surface area contributed by atoms with Crippen molar-refractivity contribution in [2.45, 2.75) is 141 Å². The van der Waals surface area contributed by atoms with E-state index in [1.807, 2.05) is 6.92 Å². The predicted octanol–water partition coefficient (Wildman–Crippen LogP) is 3.33. The standard InChI is InChI=1S/C22H46O4S.K/c1-3-5-6-7-11-14-18-21(23)19-15-12-9-8-10-13-16-20-22(17-4-2)27(24,25)26;/h21-23H,3-20H2,1-2H3,(H,24,25,26);/q;+1/p-1. The van der Waals surface area contributed by atoms with Crippen LogP contribution in [0.4, 0.5) is 0 Å². The fraction of sp³-hybridized carbons (Fsp3) is 1.00. The first-order valence-electron chi connectivity index (χ1n) is 11.5. The zero-order valence-corrected chi connectivity index (χ0v) is 22.9. The van der Waals surface area contributed by atoms with E-state index in [1.165, 1.54) is 44.9 Å². The summed E-state index contributed by atoms with van der Waals surface area (Å²) in [6, 6.07) is 0. The molecule has 0 saturated carbocycles. The van der Waals surface area contributed by atoms with Crippen LogP contribution in [-0.4, -0.2) is 29.4 Å². The van der Waals surface area contributed by atoms with Crippen molar-refractivity contribution in [1.82, 2.24) is 0 Å². The Balaban J connectivity index is 0. The summed E-state index contributed by atoms with van der Waals surface area (Å²) in [4.78, 5) is 0. The average Bonchev–Trinajstić information content (AvgIpc) is 2.61. The summed E-state index contributed by atoms with van der Waals surface area (Å²) in [5.41, 5.74) is 0. The summed E-state index contributed by atoms with van der Waals surface area (Å²) in [6.07, 6.45) is 18.7. The molecule has 0 amide bonds. The number of rotatable bonds is 20. The van der Waals surface area contributed by atoms with Gasteiger partial charge in [-0.15, -0.1) is 0 Å². The van der Waals surface area contributed by atoms with E-state index in [1.54, 1.807) is 0 Å². The van der Waals surface area contributed by atoms with Gasteiger partial charge in [0.15, 0.2) is 0 Å². The van der Waals surface area contributed by atoms with Crippen LogP contribution in [0, 0.1) is 0 Å². The molecule has 0 aromatic rings. The van der Waals surface area contributed by atoms with E-state index in [2.05, 4.69) is 6.92 Å². The minimum Gasteiger partial charge on any atom is -0.748 e. The number of aliphatic hydroxyl groups is 1. The molecule has 0 aliphatic carbocycles. The molecule has 0 radical (unpaired) electrons. The molecular formula is C22H45KO4S. The summed E-state index contributed by atoms with van der Waals surface area (Å²) in [7, 11) is -4.13. The van der Waals surface area contributed by atoms with E-state index < -0.39 is 15.4 Å². The van der Waals surface area contributed by atoms with E-state index >= 15 is 0 Å². The Bertz CT molecular complexity index is 415. The molecule has 0 bridgehead atoms. The molecular weight excluding hydrogens is 399 g/mol. The van der Waals surface area contributed by atoms with Crippen LogP contribution in [0.25, 0.3) is 0 Å². The van der Waals surface area contributed by atoms with Gasteiger partial charge in [0.2, 0.25) is 0 Å². The van der Waals surface area contributed by atoms with Crippen molar-refractivity contribution in [2.75, 3.05) is 0 Å². The normalized spacial score (nSPS) is 13.9. The van der Waals surface area contributed by atoms with Crippen molar-refractivity contribution in [1.29, 1.82) is 0 Å². The van der Waals surface area contributed by atoms with Crippen molar-refractivity contribution < 1.29 is 69.5 Å².